The summed E-state index contributed by atoms with van der Waals surface area (Å²) >= 11 is 0. The van der Waals surface area contributed by atoms with Gasteiger partial charge in [0.15, 0.2) is 0 Å². The number of rotatable bonds is 17. The monoisotopic (exact) mass is 931 g/mol. The van der Waals surface area contributed by atoms with Crippen LogP contribution >= 0.6 is 0 Å². The molecule has 1 aliphatic carbocycles. The number of fused-ring (bicyclic) bond motifs is 2. The molecule has 3 aliphatic rings. The van der Waals surface area contributed by atoms with E-state index >= 15 is 0 Å². The van der Waals surface area contributed by atoms with Gasteiger partial charge in [-0.15, -0.1) is 0 Å². The fourth-order valence-corrected chi connectivity index (χ4v) is 10.1. The van der Waals surface area contributed by atoms with Crippen molar-refractivity contribution in [1.82, 2.24) is 48.7 Å². The minimum Gasteiger partial charge on any atom is -0.437 e. The molecule has 4 heterocycles. The van der Waals surface area contributed by atoms with Crippen LogP contribution in [0.25, 0.3) is 0 Å². The van der Waals surface area contributed by atoms with Gasteiger partial charge in [-0.2, -0.15) is 0 Å². The Bertz CT molecular complexity index is 2430. The van der Waals surface area contributed by atoms with Gasteiger partial charge in [0.25, 0.3) is 0 Å². The van der Waals surface area contributed by atoms with Crippen LogP contribution in [-0.2, 0) is 48.6 Å². The van der Waals surface area contributed by atoms with E-state index in [1.165, 1.54) is 22.3 Å². The first-order valence-electron chi connectivity index (χ1n) is 24.8. The summed E-state index contributed by atoms with van der Waals surface area (Å²) in [6, 6.07) is 37.1. The van der Waals surface area contributed by atoms with Crippen molar-refractivity contribution in [2.45, 2.75) is 83.6 Å². The summed E-state index contributed by atoms with van der Waals surface area (Å²) in [6.07, 6.45) is 14.8. The molecule has 2 saturated heterocycles. The number of carbonyl (C=O) groups excluding carboxylic acids is 2. The number of amides is 2. The van der Waals surface area contributed by atoms with Gasteiger partial charge in [-0.25, -0.2) is 9.97 Å². The molecule has 69 heavy (non-hydrogen) atoms. The van der Waals surface area contributed by atoms with E-state index in [1.54, 1.807) is 32.4 Å². The molecule has 2 aromatic heterocycles. The number of imidazole rings is 2. The maximum absolute atomic E-state index is 14.8. The van der Waals surface area contributed by atoms with Gasteiger partial charge in [-0.05, 0) is 72.7 Å². The summed E-state index contributed by atoms with van der Waals surface area (Å²) in [5.41, 5.74) is 7.53. The summed E-state index contributed by atoms with van der Waals surface area (Å²) in [5.74, 6) is 0.212. The van der Waals surface area contributed by atoms with Gasteiger partial charge in [-0.3, -0.25) is 14.5 Å². The Labute approximate surface area is 408 Å². The summed E-state index contributed by atoms with van der Waals surface area (Å²) in [6.45, 7) is 11.5. The molecule has 4 aromatic carbocycles. The molecule has 2 amide bonds. The zero-order chi connectivity index (χ0) is 48.0. The van der Waals surface area contributed by atoms with E-state index in [-0.39, 0.29) is 23.9 Å². The highest BCUT2D eigenvalue weighted by Gasteiger charge is 2.42. The van der Waals surface area contributed by atoms with Gasteiger partial charge in [-0.1, -0.05) is 109 Å². The second kappa shape index (κ2) is 24.6. The van der Waals surface area contributed by atoms with Crippen LogP contribution in [0.5, 0.6) is 0 Å². The van der Waals surface area contributed by atoms with Gasteiger partial charge in [0.2, 0.25) is 11.8 Å². The molecule has 16 heteroatoms. The van der Waals surface area contributed by atoms with Gasteiger partial charge >= 0.3 is 14.1 Å². The van der Waals surface area contributed by atoms with Gasteiger partial charge in [0, 0.05) is 103 Å². The number of aryl methyl sites for hydroxylation is 4. The number of piperazine rings is 2. The molecule has 9 rings (SSSR count). The molecular formula is C53H68B2N10O4. The lowest BCUT2D eigenvalue weighted by molar-refractivity contribution is -0.140. The smallest absolute Gasteiger partial charge is 0.376 e. The van der Waals surface area contributed by atoms with Crippen molar-refractivity contribution < 1.29 is 19.6 Å². The van der Waals surface area contributed by atoms with E-state index in [9.17, 15) is 19.6 Å². The second-order valence-corrected chi connectivity index (χ2v) is 18.6. The Morgan fingerprint density at radius 1 is 0.638 bits per heavy atom. The van der Waals surface area contributed by atoms with Crippen LogP contribution < -0.4 is 5.32 Å². The number of hydrogen-bond acceptors (Lipinski definition) is 10. The quantitative estimate of drug-likeness (QED) is 0.108. The Hall–Kier alpha value is -5.87. The first-order valence-corrected chi connectivity index (χ1v) is 24.8. The second-order valence-electron chi connectivity index (χ2n) is 18.6. The number of nitrogens with one attached hydrogen (secondary N) is 1. The molecule has 2 atom stereocenters. The van der Waals surface area contributed by atoms with Crippen LogP contribution in [0.2, 0.25) is 13.6 Å². The van der Waals surface area contributed by atoms with Crippen LogP contribution in [0.1, 0.15) is 52.3 Å². The lowest BCUT2D eigenvalue weighted by Gasteiger charge is -2.46. The number of hydrogen-bond donors (Lipinski definition) is 3. The van der Waals surface area contributed by atoms with Crippen molar-refractivity contribution >= 4 is 25.9 Å². The molecule has 0 spiro atoms. The normalized spacial score (nSPS) is 17.7. The van der Waals surface area contributed by atoms with Crippen molar-refractivity contribution in [1.29, 1.82) is 0 Å². The van der Waals surface area contributed by atoms with Crippen LogP contribution in [0, 0.1) is 0 Å². The molecule has 3 N–H and O–H groups in total. The predicted molar refractivity (Wildman–Crippen MR) is 273 cm³/mol. The van der Waals surface area contributed by atoms with E-state index < -0.39 is 20.1 Å². The molecule has 0 bridgehead atoms. The largest absolute Gasteiger partial charge is 0.437 e. The summed E-state index contributed by atoms with van der Waals surface area (Å²) < 4.78 is 4.09. The van der Waals surface area contributed by atoms with E-state index in [0.29, 0.717) is 58.9 Å². The Kier molecular flexibility index (Phi) is 17.7. The number of benzene rings is 4. The minimum absolute atomic E-state index is 0.0190. The zero-order valence-corrected chi connectivity index (χ0v) is 40.3. The van der Waals surface area contributed by atoms with E-state index in [0.717, 1.165) is 56.4 Å². The molecule has 2 fully saturated rings. The van der Waals surface area contributed by atoms with Crippen molar-refractivity contribution in [2.24, 2.45) is 0 Å². The summed E-state index contributed by atoms with van der Waals surface area (Å²) in [7, 11) is -1.15. The topological polar surface area (TPSA) is 138 Å². The number of carbonyl (C=O) groups is 2. The molecule has 6 aromatic rings. The lowest BCUT2D eigenvalue weighted by atomic mass is 9.82. The highest BCUT2D eigenvalue weighted by Crippen LogP contribution is 2.39. The van der Waals surface area contributed by atoms with Crippen molar-refractivity contribution in [3.8, 4) is 0 Å². The van der Waals surface area contributed by atoms with Crippen molar-refractivity contribution in [2.75, 3.05) is 52.4 Å². The average Bonchev–Trinajstić information content (AvgIpc) is 4.09. The summed E-state index contributed by atoms with van der Waals surface area (Å²) in [4.78, 5) is 46.6. The Morgan fingerprint density at radius 3 is 1.64 bits per heavy atom. The predicted octanol–water partition coefficient (Wildman–Crippen LogP) is 4.97. The molecule has 0 radical (unpaired) electrons. The van der Waals surface area contributed by atoms with Crippen LogP contribution in [0.3, 0.4) is 0 Å². The highest BCUT2D eigenvalue weighted by atomic mass is 16.2. The highest BCUT2D eigenvalue weighted by molar-refractivity contribution is 6.45. The van der Waals surface area contributed by atoms with Crippen molar-refractivity contribution in [3.05, 3.63) is 180 Å². The first-order chi connectivity index (χ1) is 33.7. The SMILES string of the molecule is CB(O)N1CCN(C2c3ccccc3CCc3ccccc32)[C@@H](C(=O)N(CCCn2ccnc2)Cc2ccccc2)C1.CB(O)N1CCN[C@@H](C(=O)N(CCCn2ccnc2)Cc2ccccc2)C1. The third-order valence-corrected chi connectivity index (χ3v) is 13.9. The van der Waals surface area contributed by atoms with E-state index in [2.05, 4.69) is 85.4 Å². The van der Waals surface area contributed by atoms with Crippen LogP contribution in [0.15, 0.2) is 147 Å². The molecular weight excluding hydrogens is 862 g/mol. The molecule has 14 nitrogen and oxygen atoms in total. The zero-order valence-electron chi connectivity index (χ0n) is 40.3. The number of nitrogens with zero attached hydrogens (tertiary/aromatic N) is 9. The van der Waals surface area contributed by atoms with Gasteiger partial charge in [0.05, 0.1) is 24.7 Å². The molecule has 360 valence electrons. The summed E-state index contributed by atoms with van der Waals surface area (Å²) in [5, 5.41) is 23.8. The molecule has 0 unspecified atom stereocenters. The van der Waals surface area contributed by atoms with Gasteiger partial charge < -0.3 is 43.9 Å². The minimum atomic E-state index is -0.611. The van der Waals surface area contributed by atoms with E-state index in [1.807, 2.05) is 91.2 Å². The van der Waals surface area contributed by atoms with E-state index in [4.69, 9.17) is 0 Å². The van der Waals surface area contributed by atoms with Crippen LogP contribution in [-0.4, -0.2) is 144 Å². The standard InChI is InChI=1S/C34H40BN5O2.C19H28BN5O2/c1-35(42)39-22-23-40(33-30-14-7-5-12-28(30)16-17-29-13-6-8-15-31(29)33)32(25-39)34(41)38(24-27-10-3-2-4-11-27)20-9-19-37-21-18-36-26-37;1-20(27)25-13-9-22-18(15-25)19(26)24(14-17-6-3-2-4-7-17)11-5-10-23-12-8-21-16-23/h2-8,10-15,18,21,26,32-33,42H,9,16-17,19-20,22-25H2,1H3;2-4,6-8,12,16,18,22,27H,5,9-11,13-15H2,1H3/t32-;18-/m11/s1. The first kappa shape index (κ1) is 49.5. The Balaban J connectivity index is 0.000000205. The molecule has 2 aliphatic heterocycles. The fraction of sp³-hybridized carbons (Fsp3) is 0.396. The molecule has 0 saturated carbocycles. The fourth-order valence-electron chi connectivity index (χ4n) is 10.1. The average molecular weight is 931 g/mol. The van der Waals surface area contributed by atoms with Gasteiger partial charge in [0.1, 0.15) is 6.04 Å². The lowest BCUT2D eigenvalue weighted by Crippen LogP contribution is -2.62. The third kappa shape index (κ3) is 13.3. The van der Waals surface area contributed by atoms with Crippen LogP contribution in [0.4, 0.5) is 0 Å². The Morgan fingerprint density at radius 2 is 1.13 bits per heavy atom. The maximum atomic E-state index is 14.8. The third-order valence-electron chi connectivity index (χ3n) is 13.9. The number of aromatic nitrogens is 4. The maximum Gasteiger partial charge on any atom is 0.376 e. The van der Waals surface area contributed by atoms with Crippen molar-refractivity contribution in [3.63, 3.8) is 0 Å².